The molecule has 2 aromatic rings. The predicted octanol–water partition coefficient (Wildman–Crippen LogP) is 2.34. The molecule has 1 N–H and O–H groups in total. The summed E-state index contributed by atoms with van der Waals surface area (Å²) in [5, 5.41) is 3.75. The molecular formula is C10H10BrClN4O2S. The molecule has 2 rings (SSSR count). The van der Waals surface area contributed by atoms with Gasteiger partial charge in [0, 0.05) is 17.7 Å². The number of anilines is 1. The van der Waals surface area contributed by atoms with E-state index < -0.39 is 10.0 Å². The summed E-state index contributed by atoms with van der Waals surface area (Å²) in [7, 11) is -2.32. The third-order valence-electron chi connectivity index (χ3n) is 2.38. The van der Waals surface area contributed by atoms with Crippen molar-refractivity contribution in [2.75, 3.05) is 4.72 Å². The average molecular weight is 366 g/mol. The zero-order valence-electron chi connectivity index (χ0n) is 10.1. The number of hydrogen-bond donors (Lipinski definition) is 1. The van der Waals surface area contributed by atoms with Crippen LogP contribution in [0.5, 0.6) is 0 Å². The van der Waals surface area contributed by atoms with Gasteiger partial charge in [-0.05, 0) is 34.5 Å². The van der Waals surface area contributed by atoms with Gasteiger partial charge in [0.25, 0.3) is 10.0 Å². The van der Waals surface area contributed by atoms with Crippen molar-refractivity contribution in [2.24, 2.45) is 7.05 Å². The summed E-state index contributed by atoms with van der Waals surface area (Å²) in [6.07, 6.45) is 2.80. The molecule has 0 saturated carbocycles. The van der Waals surface area contributed by atoms with E-state index in [9.17, 15) is 8.42 Å². The van der Waals surface area contributed by atoms with Crippen LogP contribution in [0.25, 0.3) is 0 Å². The minimum absolute atomic E-state index is 0.0591. The fourth-order valence-electron chi connectivity index (χ4n) is 1.48. The minimum Gasteiger partial charge on any atom is -0.262 e. The maximum Gasteiger partial charge on any atom is 0.281 e. The molecule has 0 atom stereocenters. The standard InChI is InChI=1S/C10H10BrClN4O2S/c1-6-3-9(13-4-7(6)11)15-19(17,18)10-8(12)5-14-16(10)2/h3-5H,1-2H3,(H,13,15). The number of nitrogens with one attached hydrogen (secondary N) is 1. The number of halogens is 2. The highest BCUT2D eigenvalue weighted by Gasteiger charge is 2.23. The molecule has 0 spiro atoms. The van der Waals surface area contributed by atoms with Crippen molar-refractivity contribution in [2.45, 2.75) is 11.9 Å². The monoisotopic (exact) mass is 364 g/mol. The first-order chi connectivity index (χ1) is 8.81. The molecule has 0 aliphatic carbocycles. The van der Waals surface area contributed by atoms with Gasteiger partial charge < -0.3 is 0 Å². The van der Waals surface area contributed by atoms with Gasteiger partial charge in [0.2, 0.25) is 0 Å². The van der Waals surface area contributed by atoms with Gasteiger partial charge in [-0.3, -0.25) is 9.40 Å². The van der Waals surface area contributed by atoms with Crippen molar-refractivity contribution in [3.05, 3.63) is 33.5 Å². The first kappa shape index (κ1) is 14.3. The lowest BCUT2D eigenvalue weighted by atomic mass is 10.3. The van der Waals surface area contributed by atoms with Crippen LogP contribution in [-0.2, 0) is 17.1 Å². The molecule has 2 heterocycles. The van der Waals surface area contributed by atoms with Crippen molar-refractivity contribution in [3.63, 3.8) is 0 Å². The van der Waals surface area contributed by atoms with Gasteiger partial charge in [-0.15, -0.1) is 0 Å². The van der Waals surface area contributed by atoms with Crippen LogP contribution in [0.4, 0.5) is 5.82 Å². The molecule has 0 saturated heterocycles. The van der Waals surface area contributed by atoms with Crippen LogP contribution in [0.2, 0.25) is 5.02 Å². The van der Waals surface area contributed by atoms with Crippen LogP contribution < -0.4 is 4.72 Å². The maximum atomic E-state index is 12.2. The quantitative estimate of drug-likeness (QED) is 0.905. The van der Waals surface area contributed by atoms with Gasteiger partial charge >= 0.3 is 0 Å². The Hall–Kier alpha value is -1.12. The first-order valence-electron chi connectivity index (χ1n) is 5.14. The maximum absolute atomic E-state index is 12.2. The summed E-state index contributed by atoms with van der Waals surface area (Å²) >= 11 is 9.12. The van der Waals surface area contributed by atoms with E-state index in [1.165, 1.54) is 24.1 Å². The number of rotatable bonds is 3. The second-order valence-corrected chi connectivity index (χ2v) is 6.70. The van der Waals surface area contributed by atoms with E-state index in [4.69, 9.17) is 11.6 Å². The molecule has 0 amide bonds. The Morgan fingerprint density at radius 1 is 1.42 bits per heavy atom. The van der Waals surface area contributed by atoms with Crippen molar-refractivity contribution in [1.82, 2.24) is 14.8 Å². The Kier molecular flexibility index (Phi) is 3.84. The normalized spacial score (nSPS) is 11.6. The molecule has 9 heteroatoms. The van der Waals surface area contributed by atoms with Gasteiger partial charge in [0.1, 0.15) is 5.82 Å². The largest absolute Gasteiger partial charge is 0.281 e. The van der Waals surface area contributed by atoms with E-state index in [1.54, 1.807) is 6.07 Å². The summed E-state index contributed by atoms with van der Waals surface area (Å²) in [5.74, 6) is 0.220. The lowest BCUT2D eigenvalue weighted by Crippen LogP contribution is -2.17. The summed E-state index contributed by atoms with van der Waals surface area (Å²) in [4.78, 5) is 3.98. The Morgan fingerprint density at radius 2 is 2.11 bits per heavy atom. The number of aryl methyl sites for hydroxylation is 2. The van der Waals surface area contributed by atoms with Gasteiger partial charge in [-0.1, -0.05) is 11.6 Å². The Labute approximate surface area is 124 Å². The highest BCUT2D eigenvalue weighted by atomic mass is 79.9. The van der Waals surface area contributed by atoms with Crippen LogP contribution in [0.15, 0.2) is 28.0 Å². The third-order valence-corrected chi connectivity index (χ3v) is 5.07. The van der Waals surface area contributed by atoms with Crippen molar-refractivity contribution < 1.29 is 8.42 Å². The second kappa shape index (κ2) is 5.10. The minimum atomic E-state index is -3.82. The topological polar surface area (TPSA) is 76.9 Å². The molecule has 19 heavy (non-hydrogen) atoms. The van der Waals surface area contributed by atoms with E-state index in [2.05, 4.69) is 30.7 Å². The van der Waals surface area contributed by atoms with Crippen molar-refractivity contribution >= 4 is 43.4 Å². The van der Waals surface area contributed by atoms with Crippen LogP contribution in [0.1, 0.15) is 5.56 Å². The molecule has 6 nitrogen and oxygen atoms in total. The number of hydrogen-bond acceptors (Lipinski definition) is 4. The second-order valence-electron chi connectivity index (χ2n) is 3.85. The highest BCUT2D eigenvalue weighted by Crippen LogP contribution is 2.23. The Morgan fingerprint density at radius 3 is 2.63 bits per heavy atom. The zero-order valence-corrected chi connectivity index (χ0v) is 13.2. The van der Waals surface area contributed by atoms with Gasteiger partial charge in [-0.25, -0.2) is 4.98 Å². The molecule has 0 bridgehead atoms. The molecular weight excluding hydrogens is 356 g/mol. The zero-order chi connectivity index (χ0) is 14.2. The van der Waals surface area contributed by atoms with E-state index in [0.717, 1.165) is 10.0 Å². The third kappa shape index (κ3) is 2.90. The number of aromatic nitrogens is 3. The van der Waals surface area contributed by atoms with E-state index in [1.807, 2.05) is 6.92 Å². The summed E-state index contributed by atoms with van der Waals surface area (Å²) in [5.41, 5.74) is 0.865. The lowest BCUT2D eigenvalue weighted by Gasteiger charge is -2.09. The van der Waals surface area contributed by atoms with Crippen LogP contribution >= 0.6 is 27.5 Å². The highest BCUT2D eigenvalue weighted by molar-refractivity contribution is 9.10. The molecule has 0 unspecified atom stereocenters. The van der Waals surface area contributed by atoms with Gasteiger partial charge in [0.05, 0.1) is 11.2 Å². The summed E-state index contributed by atoms with van der Waals surface area (Å²) in [6, 6.07) is 1.62. The van der Waals surface area contributed by atoms with E-state index in [-0.39, 0.29) is 15.9 Å². The van der Waals surface area contributed by atoms with Crippen molar-refractivity contribution in [3.8, 4) is 0 Å². The number of pyridine rings is 1. The Bertz CT molecular complexity index is 710. The van der Waals surface area contributed by atoms with Gasteiger partial charge in [0.15, 0.2) is 5.03 Å². The Balaban J connectivity index is 2.39. The molecule has 0 aromatic carbocycles. The fourth-order valence-corrected chi connectivity index (χ4v) is 3.36. The molecule has 0 aliphatic heterocycles. The summed E-state index contributed by atoms with van der Waals surface area (Å²) < 4.78 is 28.7. The number of sulfonamides is 1. The summed E-state index contributed by atoms with van der Waals surface area (Å²) in [6.45, 7) is 1.83. The molecule has 102 valence electrons. The first-order valence-corrected chi connectivity index (χ1v) is 7.79. The molecule has 2 aromatic heterocycles. The van der Waals surface area contributed by atoms with Crippen molar-refractivity contribution in [1.29, 1.82) is 0 Å². The average Bonchev–Trinajstić information content (AvgIpc) is 2.64. The van der Waals surface area contributed by atoms with Crippen LogP contribution in [0, 0.1) is 6.92 Å². The number of nitrogens with zero attached hydrogens (tertiary/aromatic N) is 3. The smallest absolute Gasteiger partial charge is 0.262 e. The molecule has 0 radical (unpaired) electrons. The lowest BCUT2D eigenvalue weighted by molar-refractivity contribution is 0.582. The molecule has 0 aliphatic rings. The molecule has 0 fully saturated rings. The van der Waals surface area contributed by atoms with Crippen LogP contribution in [0.3, 0.4) is 0 Å². The predicted molar refractivity (Wildman–Crippen MR) is 75.7 cm³/mol. The van der Waals surface area contributed by atoms with Gasteiger partial charge in [-0.2, -0.15) is 13.5 Å². The fraction of sp³-hybridized carbons (Fsp3) is 0.200. The SMILES string of the molecule is Cc1cc(NS(=O)(=O)c2c(Cl)cnn2C)ncc1Br. The van der Waals surface area contributed by atoms with Crippen LogP contribution in [-0.4, -0.2) is 23.2 Å². The van der Waals surface area contributed by atoms with E-state index >= 15 is 0 Å². The van der Waals surface area contributed by atoms with E-state index in [0.29, 0.717) is 0 Å².